The van der Waals surface area contributed by atoms with Crippen LogP contribution in [-0.4, -0.2) is 43.7 Å². The van der Waals surface area contributed by atoms with E-state index in [-0.39, 0.29) is 0 Å². The van der Waals surface area contributed by atoms with Crippen molar-refractivity contribution >= 4 is 17.3 Å². The lowest BCUT2D eigenvalue weighted by Crippen LogP contribution is -2.37. The number of nitrogens with zero attached hydrogens (tertiary/aromatic N) is 2. The van der Waals surface area contributed by atoms with Gasteiger partial charge in [-0.15, -0.1) is 0 Å². The summed E-state index contributed by atoms with van der Waals surface area (Å²) in [6, 6.07) is 10.9. The minimum absolute atomic E-state index is 0.704. The molecule has 0 atom stereocenters. The summed E-state index contributed by atoms with van der Waals surface area (Å²) in [5.74, 6) is 0.859. The molecule has 1 aromatic carbocycles. The standard InChI is InChI=1S/C20H28N4OS/c1-2-21-20(23-14-19-6-11-26-16-19)22-13-17-4-3-5-18(12-17)15-24-7-9-25-10-8-24/h3-6,11-12,16H,2,7-10,13-15H2,1H3,(H2,21,22,23). The summed E-state index contributed by atoms with van der Waals surface area (Å²) in [6.07, 6.45) is 0. The van der Waals surface area contributed by atoms with Crippen molar-refractivity contribution in [3.63, 3.8) is 0 Å². The fraction of sp³-hybridized carbons (Fsp3) is 0.450. The number of ether oxygens (including phenoxy) is 1. The molecule has 3 rings (SSSR count). The molecule has 140 valence electrons. The minimum atomic E-state index is 0.704. The predicted molar refractivity (Wildman–Crippen MR) is 109 cm³/mol. The first-order valence-electron chi connectivity index (χ1n) is 9.24. The van der Waals surface area contributed by atoms with Crippen LogP contribution in [0.15, 0.2) is 46.1 Å². The number of hydrogen-bond acceptors (Lipinski definition) is 4. The Morgan fingerprint density at radius 1 is 1.15 bits per heavy atom. The maximum Gasteiger partial charge on any atom is 0.191 e. The molecule has 0 aliphatic carbocycles. The smallest absolute Gasteiger partial charge is 0.191 e. The van der Waals surface area contributed by atoms with Gasteiger partial charge in [0.05, 0.1) is 19.8 Å². The van der Waals surface area contributed by atoms with E-state index in [2.05, 4.69) is 68.5 Å². The average molecular weight is 373 g/mol. The van der Waals surface area contributed by atoms with Gasteiger partial charge in [0, 0.05) is 32.7 Å². The van der Waals surface area contributed by atoms with Crippen molar-refractivity contribution in [2.45, 2.75) is 26.6 Å². The van der Waals surface area contributed by atoms with Crippen molar-refractivity contribution in [2.24, 2.45) is 4.99 Å². The van der Waals surface area contributed by atoms with Crippen LogP contribution in [0.4, 0.5) is 0 Å². The lowest BCUT2D eigenvalue weighted by Gasteiger charge is -2.26. The van der Waals surface area contributed by atoms with E-state index in [0.29, 0.717) is 6.54 Å². The molecule has 0 saturated carbocycles. The van der Waals surface area contributed by atoms with E-state index in [1.54, 1.807) is 11.3 Å². The number of guanidine groups is 1. The molecule has 1 aliphatic rings. The maximum atomic E-state index is 5.43. The average Bonchev–Trinajstić information content (AvgIpc) is 3.19. The van der Waals surface area contributed by atoms with Gasteiger partial charge in [0.25, 0.3) is 0 Å². The molecular weight excluding hydrogens is 344 g/mol. The highest BCUT2D eigenvalue weighted by atomic mass is 32.1. The highest BCUT2D eigenvalue weighted by molar-refractivity contribution is 7.07. The number of nitrogens with one attached hydrogen (secondary N) is 2. The van der Waals surface area contributed by atoms with Crippen molar-refractivity contribution < 1.29 is 4.74 Å². The number of morpholine rings is 1. The zero-order chi connectivity index (χ0) is 18.0. The van der Waals surface area contributed by atoms with Crippen LogP contribution in [0.2, 0.25) is 0 Å². The molecule has 0 bridgehead atoms. The monoisotopic (exact) mass is 372 g/mol. The van der Waals surface area contributed by atoms with Gasteiger partial charge in [0.15, 0.2) is 5.96 Å². The molecule has 0 amide bonds. The van der Waals surface area contributed by atoms with Crippen LogP contribution in [0.5, 0.6) is 0 Å². The first-order valence-corrected chi connectivity index (χ1v) is 10.2. The molecule has 5 nitrogen and oxygen atoms in total. The molecule has 6 heteroatoms. The van der Waals surface area contributed by atoms with Gasteiger partial charge >= 0.3 is 0 Å². The molecule has 2 N–H and O–H groups in total. The number of thiophene rings is 1. The Bertz CT molecular complexity index is 681. The summed E-state index contributed by atoms with van der Waals surface area (Å²) < 4.78 is 5.43. The van der Waals surface area contributed by atoms with Gasteiger partial charge in [-0.25, -0.2) is 4.99 Å². The normalized spacial score (nSPS) is 15.8. The Hall–Kier alpha value is -1.89. The number of hydrogen-bond donors (Lipinski definition) is 2. The van der Waals surface area contributed by atoms with Gasteiger partial charge in [-0.1, -0.05) is 24.3 Å². The summed E-state index contributed by atoms with van der Waals surface area (Å²) in [5.41, 5.74) is 3.88. The van der Waals surface area contributed by atoms with Crippen LogP contribution in [0.25, 0.3) is 0 Å². The molecular formula is C20H28N4OS. The van der Waals surface area contributed by atoms with Gasteiger partial charge in [0.1, 0.15) is 0 Å². The summed E-state index contributed by atoms with van der Waals surface area (Å²) in [5, 5.41) is 11.0. The second-order valence-electron chi connectivity index (χ2n) is 6.39. The minimum Gasteiger partial charge on any atom is -0.379 e. The third kappa shape index (κ3) is 6.12. The first kappa shape index (κ1) is 18.9. The van der Waals surface area contributed by atoms with Crippen molar-refractivity contribution in [1.29, 1.82) is 0 Å². The molecule has 1 saturated heterocycles. The van der Waals surface area contributed by atoms with E-state index >= 15 is 0 Å². The lowest BCUT2D eigenvalue weighted by atomic mass is 10.1. The summed E-state index contributed by atoms with van der Waals surface area (Å²) in [7, 11) is 0. The topological polar surface area (TPSA) is 48.9 Å². The molecule has 2 heterocycles. The zero-order valence-electron chi connectivity index (χ0n) is 15.4. The van der Waals surface area contributed by atoms with Gasteiger partial charge in [-0.2, -0.15) is 11.3 Å². The van der Waals surface area contributed by atoms with Crippen LogP contribution in [0.3, 0.4) is 0 Å². The fourth-order valence-electron chi connectivity index (χ4n) is 2.94. The maximum absolute atomic E-state index is 5.43. The van der Waals surface area contributed by atoms with Gasteiger partial charge in [0.2, 0.25) is 0 Å². The fourth-order valence-corrected chi connectivity index (χ4v) is 3.60. The van der Waals surface area contributed by atoms with E-state index in [0.717, 1.165) is 51.9 Å². The molecule has 26 heavy (non-hydrogen) atoms. The van der Waals surface area contributed by atoms with Crippen LogP contribution >= 0.6 is 11.3 Å². The summed E-state index contributed by atoms with van der Waals surface area (Å²) in [6.45, 7) is 9.12. The van der Waals surface area contributed by atoms with Crippen molar-refractivity contribution in [1.82, 2.24) is 15.5 Å². The molecule has 0 unspecified atom stereocenters. The van der Waals surface area contributed by atoms with Crippen molar-refractivity contribution in [3.05, 3.63) is 57.8 Å². The number of rotatable bonds is 7. The van der Waals surface area contributed by atoms with E-state index in [9.17, 15) is 0 Å². The van der Waals surface area contributed by atoms with E-state index < -0.39 is 0 Å². The van der Waals surface area contributed by atoms with Crippen molar-refractivity contribution in [2.75, 3.05) is 32.8 Å². The third-order valence-corrected chi connectivity index (χ3v) is 5.04. The van der Waals surface area contributed by atoms with Crippen LogP contribution in [0.1, 0.15) is 23.6 Å². The zero-order valence-corrected chi connectivity index (χ0v) is 16.2. The molecule has 0 radical (unpaired) electrons. The van der Waals surface area contributed by atoms with E-state index in [4.69, 9.17) is 4.74 Å². The third-order valence-electron chi connectivity index (χ3n) is 4.31. The molecule has 1 aromatic heterocycles. The molecule has 2 aromatic rings. The SMILES string of the molecule is CCNC(=NCc1ccsc1)NCc1cccc(CN2CCOCC2)c1. The highest BCUT2D eigenvalue weighted by Gasteiger charge is 2.10. The molecule has 1 fully saturated rings. The van der Waals surface area contributed by atoms with Crippen molar-refractivity contribution in [3.8, 4) is 0 Å². The lowest BCUT2D eigenvalue weighted by molar-refractivity contribution is 0.0342. The second-order valence-corrected chi connectivity index (χ2v) is 7.17. The largest absolute Gasteiger partial charge is 0.379 e. The van der Waals surface area contributed by atoms with E-state index in [1.807, 2.05) is 0 Å². The Kier molecular flexibility index (Phi) is 7.49. The predicted octanol–water partition coefficient (Wildman–Crippen LogP) is 2.84. The molecule has 0 spiro atoms. The quantitative estimate of drug-likeness (QED) is 0.580. The Labute approximate surface area is 160 Å². The van der Waals surface area contributed by atoms with Gasteiger partial charge < -0.3 is 15.4 Å². The Morgan fingerprint density at radius 3 is 2.77 bits per heavy atom. The van der Waals surface area contributed by atoms with Gasteiger partial charge in [-0.05, 0) is 40.4 Å². The van der Waals surface area contributed by atoms with Crippen LogP contribution < -0.4 is 10.6 Å². The Balaban J connectivity index is 1.54. The molecule has 1 aliphatic heterocycles. The summed E-state index contributed by atoms with van der Waals surface area (Å²) in [4.78, 5) is 7.11. The first-order chi connectivity index (χ1) is 12.8. The number of benzene rings is 1. The highest BCUT2D eigenvalue weighted by Crippen LogP contribution is 2.10. The van der Waals surface area contributed by atoms with E-state index in [1.165, 1.54) is 16.7 Å². The Morgan fingerprint density at radius 2 is 2.00 bits per heavy atom. The van der Waals surface area contributed by atoms with Gasteiger partial charge in [-0.3, -0.25) is 4.90 Å². The second kappa shape index (κ2) is 10.3. The van der Waals surface area contributed by atoms with Crippen LogP contribution in [-0.2, 0) is 24.4 Å². The number of aliphatic imine (C=N–C) groups is 1. The van der Waals surface area contributed by atoms with Crippen LogP contribution in [0, 0.1) is 0 Å². The summed E-state index contributed by atoms with van der Waals surface area (Å²) >= 11 is 1.71.